The van der Waals surface area contributed by atoms with Crippen LogP contribution < -0.4 is 0 Å². The predicted octanol–water partition coefficient (Wildman–Crippen LogP) is 3.83. The van der Waals surface area contributed by atoms with Gasteiger partial charge in [0.2, 0.25) is 0 Å². The summed E-state index contributed by atoms with van der Waals surface area (Å²) >= 11 is 12.5. The molecule has 1 aliphatic rings. The van der Waals surface area contributed by atoms with Gasteiger partial charge in [0, 0.05) is 22.9 Å². The van der Waals surface area contributed by atoms with Gasteiger partial charge >= 0.3 is 0 Å². The number of alkyl halides is 1. The third-order valence-electron chi connectivity index (χ3n) is 3.07. The Morgan fingerprint density at radius 3 is 2.94 bits per heavy atom. The summed E-state index contributed by atoms with van der Waals surface area (Å²) in [6, 6.07) is 6.19. The lowest BCUT2D eigenvalue weighted by atomic mass is 9.93. The molecule has 1 fully saturated rings. The Hall–Kier alpha value is -0.240. The monoisotopic (exact) mass is 258 g/mol. The van der Waals surface area contributed by atoms with Crippen molar-refractivity contribution in [2.24, 2.45) is 5.92 Å². The summed E-state index contributed by atoms with van der Waals surface area (Å²) in [6.07, 6.45) is 1.85. The maximum atomic E-state index is 6.29. The Morgan fingerprint density at radius 1 is 1.44 bits per heavy atom. The first kappa shape index (κ1) is 12.2. The van der Waals surface area contributed by atoms with E-state index in [1.165, 1.54) is 11.1 Å². The van der Waals surface area contributed by atoms with Crippen LogP contribution in [0, 0.1) is 12.8 Å². The van der Waals surface area contributed by atoms with E-state index in [1.807, 2.05) is 13.0 Å². The van der Waals surface area contributed by atoms with E-state index in [0.717, 1.165) is 31.1 Å². The summed E-state index contributed by atoms with van der Waals surface area (Å²) in [5, 5.41) is 1.06. The van der Waals surface area contributed by atoms with E-state index in [0.29, 0.717) is 5.92 Å². The van der Waals surface area contributed by atoms with Crippen LogP contribution in [0.15, 0.2) is 18.2 Å². The highest BCUT2D eigenvalue weighted by atomic mass is 35.5. The third kappa shape index (κ3) is 2.91. The average molecular weight is 259 g/mol. The lowest BCUT2D eigenvalue weighted by molar-refractivity contribution is 0.0578. The van der Waals surface area contributed by atoms with Crippen LogP contribution in [0.25, 0.3) is 0 Å². The fourth-order valence-electron chi connectivity index (χ4n) is 2.06. The van der Waals surface area contributed by atoms with Crippen molar-refractivity contribution in [3.8, 4) is 0 Å². The van der Waals surface area contributed by atoms with Gasteiger partial charge in [0.25, 0.3) is 0 Å². The van der Waals surface area contributed by atoms with E-state index in [4.69, 9.17) is 27.9 Å². The second-order valence-corrected chi connectivity index (χ2v) is 5.41. The van der Waals surface area contributed by atoms with Crippen LogP contribution in [0.5, 0.6) is 0 Å². The molecule has 2 rings (SSSR count). The Bertz CT molecular complexity index is 365. The summed E-state index contributed by atoms with van der Waals surface area (Å²) in [5.74, 6) is 0.385. The topological polar surface area (TPSA) is 9.23 Å². The minimum atomic E-state index is 0.214. The number of aryl methyl sites for hydroxylation is 1. The number of halogens is 2. The van der Waals surface area contributed by atoms with Gasteiger partial charge in [0.05, 0.1) is 6.61 Å². The van der Waals surface area contributed by atoms with Gasteiger partial charge in [-0.3, -0.25) is 0 Å². The second kappa shape index (κ2) is 5.39. The summed E-state index contributed by atoms with van der Waals surface area (Å²) in [4.78, 5) is 0. The quantitative estimate of drug-likeness (QED) is 0.733. The molecular weight excluding hydrogens is 243 g/mol. The Kier molecular flexibility index (Phi) is 4.12. The summed E-state index contributed by atoms with van der Waals surface area (Å²) < 4.78 is 5.46. The third-order valence-corrected chi connectivity index (χ3v) is 4.00. The Balaban J connectivity index is 2.07. The van der Waals surface area contributed by atoms with Crippen molar-refractivity contribution >= 4 is 23.2 Å². The highest BCUT2D eigenvalue weighted by Gasteiger charge is 2.24. The van der Waals surface area contributed by atoms with Crippen molar-refractivity contribution in [1.82, 2.24) is 0 Å². The van der Waals surface area contributed by atoms with Gasteiger partial charge in [-0.05, 0) is 37.0 Å². The van der Waals surface area contributed by atoms with Crippen LogP contribution in [-0.4, -0.2) is 18.6 Å². The normalized spacial score (nSPS) is 25.7. The molecule has 2 atom stereocenters. The van der Waals surface area contributed by atoms with Crippen LogP contribution >= 0.6 is 23.2 Å². The molecule has 0 N–H and O–H groups in total. The number of benzene rings is 1. The van der Waals surface area contributed by atoms with Gasteiger partial charge in [0.15, 0.2) is 0 Å². The molecule has 0 amide bonds. The lowest BCUT2D eigenvalue weighted by Crippen LogP contribution is -2.29. The molecule has 1 aromatic carbocycles. The van der Waals surface area contributed by atoms with Crippen molar-refractivity contribution in [3.63, 3.8) is 0 Å². The Morgan fingerprint density at radius 2 is 2.25 bits per heavy atom. The van der Waals surface area contributed by atoms with Gasteiger partial charge < -0.3 is 4.74 Å². The lowest BCUT2D eigenvalue weighted by Gasteiger charge is -2.27. The van der Waals surface area contributed by atoms with E-state index >= 15 is 0 Å². The molecule has 1 heterocycles. The van der Waals surface area contributed by atoms with Crippen LogP contribution in [0.3, 0.4) is 0 Å². The standard InChI is InChI=1S/C13H16Cl2O/c1-9-2-3-10(13(15)6-9)7-11-8-16-5-4-12(11)14/h2-3,6,11-12H,4-5,7-8H2,1H3. The van der Waals surface area contributed by atoms with Crippen molar-refractivity contribution < 1.29 is 4.74 Å². The molecule has 0 bridgehead atoms. The first-order valence-corrected chi connectivity index (χ1v) is 6.45. The van der Waals surface area contributed by atoms with Crippen molar-refractivity contribution in [3.05, 3.63) is 34.3 Å². The number of rotatable bonds is 2. The number of hydrogen-bond acceptors (Lipinski definition) is 1. The summed E-state index contributed by atoms with van der Waals surface area (Å²) in [7, 11) is 0. The van der Waals surface area contributed by atoms with Gasteiger partial charge in [-0.25, -0.2) is 0 Å². The van der Waals surface area contributed by atoms with E-state index in [2.05, 4.69) is 12.1 Å². The second-order valence-electron chi connectivity index (χ2n) is 4.44. The SMILES string of the molecule is Cc1ccc(CC2COCCC2Cl)c(Cl)c1. The molecule has 1 aromatic rings. The molecular formula is C13H16Cl2O. The van der Waals surface area contributed by atoms with E-state index in [1.54, 1.807) is 0 Å². The zero-order valence-electron chi connectivity index (χ0n) is 9.38. The zero-order chi connectivity index (χ0) is 11.5. The number of hydrogen-bond donors (Lipinski definition) is 0. The van der Waals surface area contributed by atoms with Gasteiger partial charge in [0.1, 0.15) is 0 Å². The molecule has 2 unspecified atom stereocenters. The van der Waals surface area contributed by atoms with E-state index in [-0.39, 0.29) is 5.38 Å². The first-order valence-electron chi connectivity index (χ1n) is 5.63. The van der Waals surface area contributed by atoms with Gasteiger partial charge in [-0.1, -0.05) is 23.7 Å². The highest BCUT2D eigenvalue weighted by Crippen LogP contribution is 2.27. The molecule has 1 aliphatic heterocycles. The maximum absolute atomic E-state index is 6.29. The molecule has 88 valence electrons. The van der Waals surface area contributed by atoms with Gasteiger partial charge in [-0.15, -0.1) is 11.6 Å². The molecule has 1 saturated heterocycles. The van der Waals surface area contributed by atoms with Crippen LogP contribution in [0.2, 0.25) is 5.02 Å². The van der Waals surface area contributed by atoms with Crippen LogP contribution in [-0.2, 0) is 11.2 Å². The maximum Gasteiger partial charge on any atom is 0.0511 e. The van der Waals surface area contributed by atoms with Crippen molar-refractivity contribution in [2.45, 2.75) is 25.1 Å². The van der Waals surface area contributed by atoms with E-state index < -0.39 is 0 Å². The smallest absolute Gasteiger partial charge is 0.0511 e. The molecule has 0 radical (unpaired) electrons. The molecule has 1 nitrogen and oxygen atoms in total. The predicted molar refractivity (Wildman–Crippen MR) is 68.5 cm³/mol. The van der Waals surface area contributed by atoms with Crippen molar-refractivity contribution in [1.29, 1.82) is 0 Å². The molecule has 0 saturated carbocycles. The van der Waals surface area contributed by atoms with Gasteiger partial charge in [-0.2, -0.15) is 0 Å². The number of ether oxygens (including phenoxy) is 1. The molecule has 0 aromatic heterocycles. The first-order chi connectivity index (χ1) is 7.66. The van der Waals surface area contributed by atoms with Crippen LogP contribution in [0.4, 0.5) is 0 Å². The minimum absolute atomic E-state index is 0.214. The molecule has 16 heavy (non-hydrogen) atoms. The fraction of sp³-hybridized carbons (Fsp3) is 0.538. The van der Waals surface area contributed by atoms with Crippen molar-refractivity contribution in [2.75, 3.05) is 13.2 Å². The van der Waals surface area contributed by atoms with E-state index in [9.17, 15) is 0 Å². The molecule has 3 heteroatoms. The summed E-state index contributed by atoms with van der Waals surface area (Å²) in [5.41, 5.74) is 2.37. The molecule has 0 aliphatic carbocycles. The Labute approximate surface area is 107 Å². The summed E-state index contributed by atoms with van der Waals surface area (Å²) in [6.45, 7) is 3.58. The van der Waals surface area contributed by atoms with Crippen LogP contribution in [0.1, 0.15) is 17.5 Å². The zero-order valence-corrected chi connectivity index (χ0v) is 10.9. The molecule has 0 spiro atoms. The minimum Gasteiger partial charge on any atom is -0.381 e. The largest absolute Gasteiger partial charge is 0.381 e. The fourth-order valence-corrected chi connectivity index (χ4v) is 2.62. The average Bonchev–Trinajstić information content (AvgIpc) is 2.25. The highest BCUT2D eigenvalue weighted by molar-refractivity contribution is 6.31.